The van der Waals surface area contributed by atoms with Crippen molar-refractivity contribution in [2.45, 2.75) is 19.8 Å². The molecule has 0 bridgehead atoms. The van der Waals surface area contributed by atoms with Crippen LogP contribution in [0.15, 0.2) is 36.4 Å². The minimum absolute atomic E-state index is 0.0794. The summed E-state index contributed by atoms with van der Waals surface area (Å²) in [7, 11) is 3.59. The summed E-state index contributed by atoms with van der Waals surface area (Å²) in [5, 5.41) is 5.48. The molecule has 0 saturated heterocycles. The molecule has 0 atom stereocenters. The molecule has 2 heterocycles. The summed E-state index contributed by atoms with van der Waals surface area (Å²) in [6, 6.07) is 12.4. The van der Waals surface area contributed by atoms with Gasteiger partial charge in [0.2, 0.25) is 0 Å². The van der Waals surface area contributed by atoms with Crippen LogP contribution in [0.1, 0.15) is 27.3 Å². The van der Waals surface area contributed by atoms with Crippen LogP contribution in [0.25, 0.3) is 10.2 Å². The van der Waals surface area contributed by atoms with Crippen molar-refractivity contribution in [1.82, 2.24) is 14.7 Å². The molecule has 0 aliphatic rings. The Labute approximate surface area is 158 Å². The highest BCUT2D eigenvalue weighted by Crippen LogP contribution is 2.28. The SMILES string of the molecule is COCCN(CCCc1ccccc1)C(=O)c1cc2c(C)nn(C)c2s1. The van der Waals surface area contributed by atoms with E-state index in [2.05, 4.69) is 29.4 Å². The molecule has 0 N–H and O–H groups in total. The fraction of sp³-hybridized carbons (Fsp3) is 0.400. The van der Waals surface area contributed by atoms with Crippen molar-refractivity contribution in [2.24, 2.45) is 7.05 Å². The van der Waals surface area contributed by atoms with Gasteiger partial charge in [-0.2, -0.15) is 5.10 Å². The number of hydrogen-bond donors (Lipinski definition) is 0. The second kappa shape index (κ2) is 8.47. The molecule has 0 saturated carbocycles. The molecule has 6 heteroatoms. The lowest BCUT2D eigenvalue weighted by molar-refractivity contribution is 0.0698. The highest BCUT2D eigenvalue weighted by atomic mass is 32.1. The van der Waals surface area contributed by atoms with E-state index in [1.165, 1.54) is 16.9 Å². The summed E-state index contributed by atoms with van der Waals surface area (Å²) < 4.78 is 7.05. The van der Waals surface area contributed by atoms with Crippen molar-refractivity contribution in [1.29, 1.82) is 0 Å². The number of hydrogen-bond acceptors (Lipinski definition) is 4. The van der Waals surface area contributed by atoms with E-state index >= 15 is 0 Å². The molecule has 0 fully saturated rings. The second-order valence-electron chi connectivity index (χ2n) is 6.41. The van der Waals surface area contributed by atoms with Crippen molar-refractivity contribution < 1.29 is 9.53 Å². The molecule has 0 radical (unpaired) electrons. The minimum atomic E-state index is 0.0794. The summed E-state index contributed by atoms with van der Waals surface area (Å²) >= 11 is 1.51. The first-order valence-electron chi connectivity index (χ1n) is 8.85. The third kappa shape index (κ3) is 4.14. The van der Waals surface area contributed by atoms with E-state index in [1.54, 1.807) is 7.11 Å². The first kappa shape index (κ1) is 18.6. The van der Waals surface area contributed by atoms with Gasteiger partial charge < -0.3 is 9.64 Å². The summed E-state index contributed by atoms with van der Waals surface area (Å²) in [5.74, 6) is 0.0794. The third-order valence-electron chi connectivity index (χ3n) is 4.50. The molecule has 138 valence electrons. The molecule has 1 amide bonds. The van der Waals surface area contributed by atoms with Crippen LogP contribution in [0.2, 0.25) is 0 Å². The number of nitrogens with zero attached hydrogens (tertiary/aromatic N) is 3. The molecule has 3 aromatic rings. The lowest BCUT2D eigenvalue weighted by atomic mass is 10.1. The Morgan fingerprint density at radius 2 is 2.04 bits per heavy atom. The molecule has 0 spiro atoms. The van der Waals surface area contributed by atoms with E-state index in [0.29, 0.717) is 13.2 Å². The summed E-state index contributed by atoms with van der Waals surface area (Å²) in [4.78, 5) is 16.8. The zero-order valence-corrected chi connectivity index (χ0v) is 16.4. The Hall–Kier alpha value is -2.18. The summed E-state index contributed by atoms with van der Waals surface area (Å²) in [6.45, 7) is 3.85. The Balaban J connectivity index is 1.70. The maximum absolute atomic E-state index is 13.0. The zero-order chi connectivity index (χ0) is 18.5. The highest BCUT2D eigenvalue weighted by molar-refractivity contribution is 7.20. The molecular weight excluding hydrogens is 346 g/mol. The molecule has 0 aliphatic heterocycles. The molecule has 0 aliphatic carbocycles. The number of methoxy groups -OCH3 is 1. The molecule has 2 aromatic heterocycles. The van der Waals surface area contributed by atoms with Crippen LogP contribution in [0, 0.1) is 6.92 Å². The van der Waals surface area contributed by atoms with Crippen molar-refractivity contribution >= 4 is 27.5 Å². The normalized spacial score (nSPS) is 11.2. The van der Waals surface area contributed by atoms with Gasteiger partial charge in [0.1, 0.15) is 4.83 Å². The zero-order valence-electron chi connectivity index (χ0n) is 15.6. The standard InChI is InChI=1S/C20H25N3O2S/c1-15-17-14-18(26-20(17)22(2)21-15)19(24)23(12-13-25-3)11-7-10-16-8-5-4-6-9-16/h4-6,8-9,14H,7,10-13H2,1-3H3. The van der Waals surface area contributed by atoms with Crippen LogP contribution in [0.5, 0.6) is 0 Å². The fourth-order valence-corrected chi connectivity index (χ4v) is 4.19. The van der Waals surface area contributed by atoms with E-state index in [1.807, 2.05) is 35.7 Å². The fourth-order valence-electron chi connectivity index (χ4n) is 3.10. The first-order valence-corrected chi connectivity index (χ1v) is 9.67. The maximum Gasteiger partial charge on any atom is 0.264 e. The summed E-state index contributed by atoms with van der Waals surface area (Å²) in [6.07, 6.45) is 1.90. The predicted octanol–water partition coefficient (Wildman–Crippen LogP) is 3.66. The first-order chi connectivity index (χ1) is 12.6. The van der Waals surface area contributed by atoms with Gasteiger partial charge in [0.05, 0.1) is 17.2 Å². The van der Waals surface area contributed by atoms with Crippen LogP contribution < -0.4 is 0 Å². The van der Waals surface area contributed by atoms with Crippen LogP contribution in [0.3, 0.4) is 0 Å². The predicted molar refractivity (Wildman–Crippen MR) is 106 cm³/mol. The van der Waals surface area contributed by atoms with E-state index in [0.717, 1.165) is 40.2 Å². The molecule has 1 aromatic carbocycles. The van der Waals surface area contributed by atoms with Gasteiger partial charge in [-0.3, -0.25) is 9.48 Å². The Bertz CT molecular complexity index is 835. The number of carbonyl (C=O) groups is 1. The number of amides is 1. The Morgan fingerprint density at radius 1 is 1.27 bits per heavy atom. The van der Waals surface area contributed by atoms with E-state index in [9.17, 15) is 4.79 Å². The third-order valence-corrected chi connectivity index (χ3v) is 5.69. The number of aromatic nitrogens is 2. The van der Waals surface area contributed by atoms with Crippen molar-refractivity contribution in [2.75, 3.05) is 26.8 Å². The number of ether oxygens (including phenoxy) is 1. The topological polar surface area (TPSA) is 47.4 Å². The van der Waals surface area contributed by atoms with Crippen molar-refractivity contribution in [3.63, 3.8) is 0 Å². The van der Waals surface area contributed by atoms with Gasteiger partial charge in [-0.25, -0.2) is 0 Å². The highest BCUT2D eigenvalue weighted by Gasteiger charge is 2.20. The largest absolute Gasteiger partial charge is 0.383 e. The second-order valence-corrected chi connectivity index (χ2v) is 7.44. The lowest BCUT2D eigenvalue weighted by Crippen LogP contribution is -2.34. The van der Waals surface area contributed by atoms with Crippen LogP contribution in [-0.4, -0.2) is 47.4 Å². The summed E-state index contributed by atoms with van der Waals surface area (Å²) in [5.41, 5.74) is 2.26. The number of rotatable bonds is 8. The van der Waals surface area contributed by atoms with Gasteiger partial charge in [0.25, 0.3) is 5.91 Å². The molecular formula is C20H25N3O2S. The Kier molecular flexibility index (Phi) is 6.06. The van der Waals surface area contributed by atoms with Gasteiger partial charge in [-0.15, -0.1) is 11.3 Å². The molecule has 3 rings (SSSR count). The van der Waals surface area contributed by atoms with Crippen LogP contribution in [-0.2, 0) is 18.2 Å². The Morgan fingerprint density at radius 3 is 2.73 bits per heavy atom. The minimum Gasteiger partial charge on any atom is -0.383 e. The van der Waals surface area contributed by atoms with Crippen LogP contribution >= 0.6 is 11.3 Å². The van der Waals surface area contributed by atoms with Gasteiger partial charge >= 0.3 is 0 Å². The molecule has 5 nitrogen and oxygen atoms in total. The molecule has 26 heavy (non-hydrogen) atoms. The number of benzene rings is 1. The number of carbonyl (C=O) groups excluding carboxylic acids is 1. The smallest absolute Gasteiger partial charge is 0.264 e. The lowest BCUT2D eigenvalue weighted by Gasteiger charge is -2.21. The maximum atomic E-state index is 13.0. The van der Waals surface area contributed by atoms with E-state index in [-0.39, 0.29) is 5.91 Å². The molecule has 0 unspecified atom stereocenters. The average molecular weight is 372 g/mol. The van der Waals surface area contributed by atoms with Gasteiger partial charge in [-0.05, 0) is 31.4 Å². The van der Waals surface area contributed by atoms with Gasteiger partial charge in [0.15, 0.2) is 0 Å². The van der Waals surface area contributed by atoms with E-state index < -0.39 is 0 Å². The average Bonchev–Trinajstić information content (AvgIpc) is 3.20. The number of thiophene rings is 1. The van der Waals surface area contributed by atoms with Crippen LogP contribution in [0.4, 0.5) is 0 Å². The van der Waals surface area contributed by atoms with Gasteiger partial charge in [0, 0.05) is 32.6 Å². The van der Waals surface area contributed by atoms with Gasteiger partial charge in [-0.1, -0.05) is 30.3 Å². The van der Waals surface area contributed by atoms with Crippen molar-refractivity contribution in [3.05, 3.63) is 52.5 Å². The van der Waals surface area contributed by atoms with Crippen molar-refractivity contribution in [3.8, 4) is 0 Å². The quantitative estimate of drug-likeness (QED) is 0.607. The van der Waals surface area contributed by atoms with E-state index in [4.69, 9.17) is 4.74 Å². The number of fused-ring (bicyclic) bond motifs is 1. The monoisotopic (exact) mass is 371 g/mol. The number of aryl methyl sites for hydroxylation is 3.